The molecule has 1 N–H and O–H groups in total. The van der Waals surface area contributed by atoms with E-state index in [1.165, 1.54) is 109 Å². The van der Waals surface area contributed by atoms with Gasteiger partial charge >= 0.3 is 0 Å². The maximum atomic E-state index is 11.7. The highest BCUT2D eigenvalue weighted by molar-refractivity contribution is 5.75. The minimum absolute atomic E-state index is 0.260. The van der Waals surface area contributed by atoms with Gasteiger partial charge in [-0.05, 0) is 12.8 Å². The second kappa shape index (κ2) is 22.5. The summed E-state index contributed by atoms with van der Waals surface area (Å²) in [7, 11) is 0. The smallest absolute Gasteiger partial charge is 0.219 e. The summed E-state index contributed by atoms with van der Waals surface area (Å²) in [5.74, 6) is 0.260. The van der Waals surface area contributed by atoms with Crippen LogP contribution >= 0.6 is 0 Å². The Morgan fingerprint density at radius 1 is 0.500 bits per heavy atom. The van der Waals surface area contributed by atoms with E-state index in [1.807, 2.05) is 0 Å². The molecule has 1 amide bonds. The van der Waals surface area contributed by atoms with Crippen LogP contribution in [0.1, 0.15) is 142 Å². The van der Waals surface area contributed by atoms with Crippen molar-refractivity contribution in [2.24, 2.45) is 0 Å². The molecule has 0 aliphatic heterocycles. The fraction of sp³-hybridized carbons (Fsp3) is 0.958. The minimum atomic E-state index is 0.260. The average Bonchev–Trinajstić information content (AvgIpc) is 2.64. The van der Waals surface area contributed by atoms with Gasteiger partial charge in [0.1, 0.15) is 0 Å². The van der Waals surface area contributed by atoms with Crippen LogP contribution in [0.2, 0.25) is 0 Å². The summed E-state index contributed by atoms with van der Waals surface area (Å²) in [5, 5.41) is 3.08. The topological polar surface area (TPSA) is 29.1 Å². The summed E-state index contributed by atoms with van der Waals surface area (Å²) < 4.78 is 0. The molecule has 156 valence electrons. The molecule has 0 saturated carbocycles. The van der Waals surface area contributed by atoms with Crippen LogP contribution in [0.15, 0.2) is 0 Å². The van der Waals surface area contributed by atoms with Crippen molar-refractivity contribution in [3.8, 4) is 0 Å². The maximum Gasteiger partial charge on any atom is 0.219 e. The molecule has 0 aromatic heterocycles. The fourth-order valence-corrected chi connectivity index (χ4v) is 3.52. The lowest BCUT2D eigenvalue weighted by Crippen LogP contribution is -2.23. The van der Waals surface area contributed by atoms with Gasteiger partial charge in [0, 0.05) is 13.0 Å². The lowest BCUT2D eigenvalue weighted by atomic mass is 10.0. The SMILES string of the molecule is CCCCCCCCCCCCCCCCNC(=O)CCCCCCC. The van der Waals surface area contributed by atoms with Crippen LogP contribution in [0.4, 0.5) is 0 Å². The van der Waals surface area contributed by atoms with E-state index in [9.17, 15) is 4.79 Å². The summed E-state index contributed by atoms with van der Waals surface area (Å²) >= 11 is 0. The van der Waals surface area contributed by atoms with Gasteiger partial charge in [-0.25, -0.2) is 0 Å². The van der Waals surface area contributed by atoms with E-state index in [0.717, 1.165) is 25.8 Å². The zero-order valence-electron chi connectivity index (χ0n) is 18.3. The molecule has 0 heterocycles. The first-order valence-electron chi connectivity index (χ1n) is 12.1. The Kier molecular flexibility index (Phi) is 22.1. The molecule has 0 spiro atoms. The van der Waals surface area contributed by atoms with Gasteiger partial charge < -0.3 is 5.32 Å². The van der Waals surface area contributed by atoms with Crippen molar-refractivity contribution < 1.29 is 4.79 Å². The molecule has 2 heteroatoms. The van der Waals surface area contributed by atoms with Crippen LogP contribution in [0.3, 0.4) is 0 Å². The van der Waals surface area contributed by atoms with E-state index in [-0.39, 0.29) is 5.91 Å². The predicted molar refractivity (Wildman–Crippen MR) is 117 cm³/mol. The third-order valence-electron chi connectivity index (χ3n) is 5.36. The van der Waals surface area contributed by atoms with Crippen LogP contribution in [0.5, 0.6) is 0 Å². The van der Waals surface area contributed by atoms with Gasteiger partial charge in [0.2, 0.25) is 5.91 Å². The summed E-state index contributed by atoms with van der Waals surface area (Å²) in [4.78, 5) is 11.7. The highest BCUT2D eigenvalue weighted by Crippen LogP contribution is 2.12. The highest BCUT2D eigenvalue weighted by atomic mass is 16.1. The first-order valence-corrected chi connectivity index (χ1v) is 12.1. The Bertz CT molecular complexity index is 277. The number of hydrogen-bond acceptors (Lipinski definition) is 1. The van der Waals surface area contributed by atoms with E-state index in [0.29, 0.717) is 0 Å². The van der Waals surface area contributed by atoms with Gasteiger partial charge in [-0.15, -0.1) is 0 Å². The number of nitrogens with one attached hydrogen (secondary N) is 1. The molecule has 0 aromatic rings. The zero-order chi connectivity index (χ0) is 19.1. The average molecular weight is 368 g/mol. The van der Waals surface area contributed by atoms with Gasteiger partial charge in [-0.1, -0.05) is 123 Å². The molecule has 0 saturated heterocycles. The number of unbranched alkanes of at least 4 members (excludes halogenated alkanes) is 17. The Balaban J connectivity index is 3.09. The number of amides is 1. The molecule has 0 aliphatic carbocycles. The summed E-state index contributed by atoms with van der Waals surface area (Å²) in [6, 6.07) is 0. The molecule has 0 fully saturated rings. The number of hydrogen-bond donors (Lipinski definition) is 1. The van der Waals surface area contributed by atoms with E-state index in [1.54, 1.807) is 0 Å². The van der Waals surface area contributed by atoms with Crippen molar-refractivity contribution in [2.45, 2.75) is 142 Å². The van der Waals surface area contributed by atoms with Crippen LogP contribution in [-0.2, 0) is 4.79 Å². The standard InChI is InChI=1S/C24H49NO/c1-3-5-7-9-10-11-12-13-14-15-16-17-19-21-23-25-24(26)22-20-18-8-6-4-2/h3-23H2,1-2H3,(H,25,26). The second-order valence-corrected chi connectivity index (χ2v) is 8.11. The van der Waals surface area contributed by atoms with Crippen molar-refractivity contribution in [3.05, 3.63) is 0 Å². The van der Waals surface area contributed by atoms with Gasteiger partial charge in [0.05, 0.1) is 0 Å². The van der Waals surface area contributed by atoms with E-state index >= 15 is 0 Å². The molecule has 26 heavy (non-hydrogen) atoms. The third kappa shape index (κ3) is 21.5. The highest BCUT2D eigenvalue weighted by Gasteiger charge is 2.00. The summed E-state index contributed by atoms with van der Waals surface area (Å²) in [6.45, 7) is 5.39. The number of carbonyl (C=O) groups excluding carboxylic acids is 1. The van der Waals surface area contributed by atoms with Gasteiger partial charge in [0.25, 0.3) is 0 Å². The van der Waals surface area contributed by atoms with Crippen LogP contribution in [-0.4, -0.2) is 12.5 Å². The van der Waals surface area contributed by atoms with Crippen molar-refractivity contribution in [3.63, 3.8) is 0 Å². The van der Waals surface area contributed by atoms with Gasteiger partial charge in [-0.2, -0.15) is 0 Å². The molecule has 0 aliphatic rings. The Morgan fingerprint density at radius 3 is 1.27 bits per heavy atom. The largest absolute Gasteiger partial charge is 0.356 e. The monoisotopic (exact) mass is 367 g/mol. The predicted octanol–water partition coefficient (Wildman–Crippen LogP) is 7.94. The van der Waals surface area contributed by atoms with Gasteiger partial charge in [-0.3, -0.25) is 4.79 Å². The quantitative estimate of drug-likeness (QED) is 0.205. The third-order valence-corrected chi connectivity index (χ3v) is 5.36. The van der Waals surface area contributed by atoms with Crippen molar-refractivity contribution in [2.75, 3.05) is 6.54 Å². The van der Waals surface area contributed by atoms with Crippen molar-refractivity contribution >= 4 is 5.91 Å². The molecular weight excluding hydrogens is 318 g/mol. The van der Waals surface area contributed by atoms with Crippen molar-refractivity contribution in [1.29, 1.82) is 0 Å². The molecular formula is C24H49NO. The summed E-state index contributed by atoms with van der Waals surface area (Å²) in [5.41, 5.74) is 0. The zero-order valence-corrected chi connectivity index (χ0v) is 18.3. The normalized spacial score (nSPS) is 11.0. The van der Waals surface area contributed by atoms with Crippen LogP contribution < -0.4 is 5.32 Å². The number of rotatable bonds is 21. The molecule has 0 radical (unpaired) electrons. The van der Waals surface area contributed by atoms with Gasteiger partial charge in [0.15, 0.2) is 0 Å². The first kappa shape index (κ1) is 25.5. The Labute approximate surface area is 165 Å². The van der Waals surface area contributed by atoms with E-state index in [2.05, 4.69) is 19.2 Å². The molecule has 0 bridgehead atoms. The first-order chi connectivity index (χ1) is 12.8. The molecule has 0 rings (SSSR count). The summed E-state index contributed by atoms with van der Waals surface area (Å²) in [6.07, 6.45) is 26.2. The Morgan fingerprint density at radius 2 is 0.846 bits per heavy atom. The lowest BCUT2D eigenvalue weighted by Gasteiger charge is -2.06. The second-order valence-electron chi connectivity index (χ2n) is 8.11. The minimum Gasteiger partial charge on any atom is -0.356 e. The van der Waals surface area contributed by atoms with Crippen LogP contribution in [0, 0.1) is 0 Å². The molecule has 2 nitrogen and oxygen atoms in total. The molecule has 0 atom stereocenters. The van der Waals surface area contributed by atoms with Crippen molar-refractivity contribution in [1.82, 2.24) is 5.32 Å². The van der Waals surface area contributed by atoms with E-state index in [4.69, 9.17) is 0 Å². The maximum absolute atomic E-state index is 11.7. The van der Waals surface area contributed by atoms with Crippen LogP contribution in [0.25, 0.3) is 0 Å². The molecule has 0 aromatic carbocycles. The molecule has 0 unspecified atom stereocenters. The van der Waals surface area contributed by atoms with E-state index < -0.39 is 0 Å². The fourth-order valence-electron chi connectivity index (χ4n) is 3.52. The lowest BCUT2D eigenvalue weighted by molar-refractivity contribution is -0.121. The number of carbonyl (C=O) groups is 1. The Hall–Kier alpha value is -0.530.